The molecule has 0 saturated carbocycles. The van der Waals surface area contributed by atoms with Crippen molar-refractivity contribution in [2.24, 2.45) is 0 Å². The first-order valence-electron chi connectivity index (χ1n) is 5.29. The Morgan fingerprint density at radius 1 is 1.33 bits per heavy atom. The fourth-order valence-electron chi connectivity index (χ4n) is 1.33. The molecule has 1 aromatic carbocycles. The lowest BCUT2D eigenvalue weighted by Crippen LogP contribution is -2.41. The van der Waals surface area contributed by atoms with Gasteiger partial charge in [-0.25, -0.2) is 8.42 Å². The third-order valence-corrected chi connectivity index (χ3v) is 3.83. The predicted octanol–water partition coefficient (Wildman–Crippen LogP) is 0.109. The molecule has 3 N–H and O–H groups in total. The number of carboxylic acids is 1. The Morgan fingerprint density at radius 2 is 1.89 bits per heavy atom. The first kappa shape index (κ1) is 14.6. The second kappa shape index (κ2) is 5.94. The molecule has 0 amide bonds. The molecule has 1 aromatic rings. The number of rotatable bonds is 6. The minimum atomic E-state index is -3.89. The zero-order chi connectivity index (χ0) is 13.8. The van der Waals surface area contributed by atoms with Crippen molar-refractivity contribution in [3.05, 3.63) is 29.8 Å². The van der Waals surface area contributed by atoms with Gasteiger partial charge >= 0.3 is 5.97 Å². The third kappa shape index (κ3) is 3.80. The number of hydrogen-bond acceptors (Lipinski definition) is 4. The van der Waals surface area contributed by atoms with Gasteiger partial charge in [0.05, 0.1) is 4.90 Å². The molecule has 0 aromatic heterocycles. The van der Waals surface area contributed by atoms with Gasteiger partial charge in [0.25, 0.3) is 0 Å². The van der Waals surface area contributed by atoms with Crippen LogP contribution < -0.4 is 4.72 Å². The standard InChI is InChI=1S/C11H15NO5S/c1-8-2-4-9(5-3-8)18(16,17)12-10(6-7-13)11(14)15/h2-5,10,12-13H,6-7H2,1H3,(H,14,15). The molecule has 0 heterocycles. The number of sulfonamides is 1. The van der Waals surface area contributed by atoms with Crippen LogP contribution in [-0.4, -0.2) is 37.2 Å². The highest BCUT2D eigenvalue weighted by atomic mass is 32.2. The summed E-state index contributed by atoms with van der Waals surface area (Å²) < 4.78 is 25.8. The van der Waals surface area contributed by atoms with Crippen molar-refractivity contribution >= 4 is 16.0 Å². The highest BCUT2D eigenvalue weighted by Gasteiger charge is 2.24. The minimum Gasteiger partial charge on any atom is -0.480 e. The monoisotopic (exact) mass is 273 g/mol. The Hall–Kier alpha value is -1.44. The number of aliphatic carboxylic acids is 1. The number of hydrogen-bond donors (Lipinski definition) is 3. The van der Waals surface area contributed by atoms with E-state index in [0.29, 0.717) is 0 Å². The van der Waals surface area contributed by atoms with Crippen molar-refractivity contribution < 1.29 is 23.4 Å². The fourth-order valence-corrected chi connectivity index (χ4v) is 2.56. The summed E-state index contributed by atoms with van der Waals surface area (Å²) in [5.74, 6) is -1.32. The quantitative estimate of drug-likeness (QED) is 0.682. The molecule has 0 aliphatic carbocycles. The maximum absolute atomic E-state index is 11.9. The molecule has 1 atom stereocenters. The van der Waals surface area contributed by atoms with Crippen molar-refractivity contribution in [1.82, 2.24) is 4.72 Å². The van der Waals surface area contributed by atoms with Crippen LogP contribution in [0.3, 0.4) is 0 Å². The van der Waals surface area contributed by atoms with E-state index in [1.54, 1.807) is 12.1 Å². The lowest BCUT2D eigenvalue weighted by molar-refractivity contribution is -0.139. The summed E-state index contributed by atoms with van der Waals surface area (Å²) in [5.41, 5.74) is 0.902. The first-order valence-corrected chi connectivity index (χ1v) is 6.78. The summed E-state index contributed by atoms with van der Waals surface area (Å²) >= 11 is 0. The largest absolute Gasteiger partial charge is 0.480 e. The topological polar surface area (TPSA) is 104 Å². The molecular formula is C11H15NO5S. The van der Waals surface area contributed by atoms with E-state index in [9.17, 15) is 13.2 Å². The van der Waals surface area contributed by atoms with E-state index in [2.05, 4.69) is 0 Å². The highest BCUT2D eigenvalue weighted by molar-refractivity contribution is 7.89. The smallest absolute Gasteiger partial charge is 0.321 e. The molecule has 0 bridgehead atoms. The molecule has 0 aliphatic rings. The summed E-state index contributed by atoms with van der Waals surface area (Å²) in [6.45, 7) is 1.41. The van der Waals surface area contributed by atoms with Crippen molar-refractivity contribution in [2.45, 2.75) is 24.3 Å². The highest BCUT2D eigenvalue weighted by Crippen LogP contribution is 2.11. The summed E-state index contributed by atoms with van der Waals surface area (Å²) in [6.07, 6.45) is -0.180. The number of carboxylic acid groups (broad SMARTS) is 1. The fraction of sp³-hybridized carbons (Fsp3) is 0.364. The van der Waals surface area contributed by atoms with E-state index in [1.807, 2.05) is 11.6 Å². The summed E-state index contributed by atoms with van der Waals surface area (Å²) in [4.78, 5) is 10.8. The van der Waals surface area contributed by atoms with Crippen LogP contribution in [0.25, 0.3) is 0 Å². The molecule has 7 heteroatoms. The van der Waals surface area contributed by atoms with E-state index < -0.39 is 28.6 Å². The molecular weight excluding hydrogens is 258 g/mol. The Labute approximate surface area is 105 Å². The van der Waals surface area contributed by atoms with Gasteiger partial charge in [-0.05, 0) is 25.5 Å². The van der Waals surface area contributed by atoms with Crippen LogP contribution in [-0.2, 0) is 14.8 Å². The van der Waals surface area contributed by atoms with E-state index in [0.717, 1.165) is 5.56 Å². The van der Waals surface area contributed by atoms with Crippen LogP contribution in [0.4, 0.5) is 0 Å². The van der Waals surface area contributed by atoms with E-state index in [4.69, 9.17) is 10.2 Å². The number of aliphatic hydroxyl groups excluding tert-OH is 1. The second-order valence-electron chi connectivity index (χ2n) is 3.84. The van der Waals surface area contributed by atoms with E-state index in [-0.39, 0.29) is 11.3 Å². The van der Waals surface area contributed by atoms with Gasteiger partial charge in [-0.3, -0.25) is 4.79 Å². The number of carbonyl (C=O) groups is 1. The molecule has 0 saturated heterocycles. The lowest BCUT2D eigenvalue weighted by Gasteiger charge is -2.13. The van der Waals surface area contributed by atoms with Gasteiger partial charge in [-0.2, -0.15) is 4.72 Å². The van der Waals surface area contributed by atoms with Crippen LogP contribution in [0.15, 0.2) is 29.2 Å². The first-order chi connectivity index (χ1) is 8.36. The Bertz CT molecular complexity index is 509. The van der Waals surface area contributed by atoms with Gasteiger partial charge in [0.15, 0.2) is 0 Å². The number of benzene rings is 1. The van der Waals surface area contributed by atoms with E-state index >= 15 is 0 Å². The van der Waals surface area contributed by atoms with Gasteiger partial charge in [-0.15, -0.1) is 0 Å². The third-order valence-electron chi connectivity index (χ3n) is 2.34. The van der Waals surface area contributed by atoms with Gasteiger partial charge < -0.3 is 10.2 Å². The maximum Gasteiger partial charge on any atom is 0.321 e. The SMILES string of the molecule is Cc1ccc(S(=O)(=O)NC(CCO)C(=O)O)cc1. The molecule has 18 heavy (non-hydrogen) atoms. The van der Waals surface area contributed by atoms with Crippen LogP contribution in [0.1, 0.15) is 12.0 Å². The molecule has 0 radical (unpaired) electrons. The van der Waals surface area contributed by atoms with Crippen LogP contribution in [0, 0.1) is 6.92 Å². The summed E-state index contributed by atoms with van der Waals surface area (Å²) in [5, 5.41) is 17.5. The molecule has 0 aliphatic heterocycles. The van der Waals surface area contributed by atoms with Crippen LogP contribution in [0.5, 0.6) is 0 Å². The average Bonchev–Trinajstić information content (AvgIpc) is 2.28. The molecule has 100 valence electrons. The van der Waals surface area contributed by atoms with Gasteiger partial charge in [0.2, 0.25) is 10.0 Å². The van der Waals surface area contributed by atoms with Gasteiger partial charge in [0, 0.05) is 6.61 Å². The summed E-state index contributed by atoms with van der Waals surface area (Å²) in [7, 11) is -3.89. The van der Waals surface area contributed by atoms with Gasteiger partial charge in [0.1, 0.15) is 6.04 Å². The van der Waals surface area contributed by atoms with Crippen LogP contribution >= 0.6 is 0 Å². The van der Waals surface area contributed by atoms with E-state index in [1.165, 1.54) is 12.1 Å². The molecule has 0 fully saturated rings. The zero-order valence-corrected chi connectivity index (χ0v) is 10.6. The van der Waals surface area contributed by atoms with Gasteiger partial charge in [-0.1, -0.05) is 17.7 Å². The molecule has 6 nitrogen and oxygen atoms in total. The normalized spacial score (nSPS) is 13.2. The Morgan fingerprint density at radius 3 is 2.33 bits per heavy atom. The number of nitrogens with one attached hydrogen (secondary N) is 1. The minimum absolute atomic E-state index is 0.00251. The molecule has 0 spiro atoms. The van der Waals surface area contributed by atoms with Crippen LogP contribution in [0.2, 0.25) is 0 Å². The number of aryl methyl sites for hydroxylation is 1. The Kier molecular flexibility index (Phi) is 4.83. The van der Waals surface area contributed by atoms with Crippen molar-refractivity contribution in [3.63, 3.8) is 0 Å². The lowest BCUT2D eigenvalue weighted by atomic mass is 10.2. The van der Waals surface area contributed by atoms with Crippen molar-refractivity contribution in [3.8, 4) is 0 Å². The van der Waals surface area contributed by atoms with Crippen molar-refractivity contribution in [1.29, 1.82) is 0 Å². The molecule has 1 rings (SSSR count). The van der Waals surface area contributed by atoms with Crippen molar-refractivity contribution in [2.75, 3.05) is 6.61 Å². The second-order valence-corrected chi connectivity index (χ2v) is 5.55. The molecule has 1 unspecified atom stereocenters. The maximum atomic E-state index is 11.9. The predicted molar refractivity (Wildman–Crippen MR) is 64.6 cm³/mol. The average molecular weight is 273 g/mol. The number of aliphatic hydroxyl groups is 1. The summed E-state index contributed by atoms with van der Waals surface area (Å²) in [6, 6.07) is 4.71. The zero-order valence-electron chi connectivity index (χ0n) is 9.83. The Balaban J connectivity index is 2.93.